The number of hydrogen-bond acceptors (Lipinski definition) is 5. The molecule has 0 unspecified atom stereocenters. The molecule has 4 rings (SSSR count). The molecule has 140 valence electrons. The lowest BCUT2D eigenvalue weighted by Gasteiger charge is -2.47. The van der Waals surface area contributed by atoms with Gasteiger partial charge in [-0.15, -0.1) is 11.8 Å². The van der Waals surface area contributed by atoms with Gasteiger partial charge in [0.15, 0.2) is 0 Å². The summed E-state index contributed by atoms with van der Waals surface area (Å²) in [6, 6.07) is 6.56. The van der Waals surface area contributed by atoms with E-state index in [1.165, 1.54) is 5.56 Å². The van der Waals surface area contributed by atoms with E-state index in [9.17, 15) is 0 Å². The van der Waals surface area contributed by atoms with E-state index < -0.39 is 0 Å². The van der Waals surface area contributed by atoms with Gasteiger partial charge in [-0.1, -0.05) is 6.07 Å². The van der Waals surface area contributed by atoms with Crippen LogP contribution in [0.1, 0.15) is 43.3 Å². The van der Waals surface area contributed by atoms with Gasteiger partial charge in [0, 0.05) is 53.6 Å². The maximum atomic E-state index is 6.14. The Labute approximate surface area is 160 Å². The van der Waals surface area contributed by atoms with Crippen LogP contribution in [0.3, 0.4) is 0 Å². The summed E-state index contributed by atoms with van der Waals surface area (Å²) in [5.41, 5.74) is 3.40. The van der Waals surface area contributed by atoms with Gasteiger partial charge in [0.2, 0.25) is 0 Å². The van der Waals surface area contributed by atoms with Crippen LogP contribution in [0.15, 0.2) is 30.6 Å². The Morgan fingerprint density at radius 1 is 1.35 bits per heavy atom. The molecule has 0 saturated carbocycles. The molecule has 4 heterocycles. The van der Waals surface area contributed by atoms with Crippen molar-refractivity contribution in [3.8, 4) is 0 Å². The van der Waals surface area contributed by atoms with Crippen molar-refractivity contribution in [1.29, 1.82) is 0 Å². The van der Waals surface area contributed by atoms with Crippen molar-refractivity contribution in [2.75, 3.05) is 18.8 Å². The van der Waals surface area contributed by atoms with Crippen molar-refractivity contribution in [2.24, 2.45) is 0 Å². The molecule has 2 saturated heterocycles. The van der Waals surface area contributed by atoms with Gasteiger partial charge in [-0.25, -0.2) is 0 Å². The average Bonchev–Trinajstić information content (AvgIpc) is 3.20. The molecule has 2 aromatic rings. The molecular weight excluding hydrogens is 344 g/mol. The fourth-order valence-corrected chi connectivity index (χ4v) is 5.50. The number of nitrogens with zero attached hydrogens (tertiary/aromatic N) is 4. The summed E-state index contributed by atoms with van der Waals surface area (Å²) in [5, 5.41) is 4.45. The smallest absolute Gasteiger partial charge is 0.0892 e. The van der Waals surface area contributed by atoms with Crippen LogP contribution in [0, 0.1) is 6.92 Å². The number of thioether (sulfide) groups is 1. The number of pyridine rings is 1. The first kappa shape index (κ1) is 18.0. The summed E-state index contributed by atoms with van der Waals surface area (Å²) >= 11 is 2.09. The van der Waals surface area contributed by atoms with E-state index in [2.05, 4.69) is 52.9 Å². The van der Waals surface area contributed by atoms with Crippen molar-refractivity contribution in [1.82, 2.24) is 19.7 Å². The van der Waals surface area contributed by atoms with E-state index in [4.69, 9.17) is 4.74 Å². The second-order valence-electron chi connectivity index (χ2n) is 7.97. The Kier molecular flexibility index (Phi) is 5.08. The van der Waals surface area contributed by atoms with Crippen molar-refractivity contribution >= 4 is 11.8 Å². The maximum absolute atomic E-state index is 6.14. The van der Waals surface area contributed by atoms with Gasteiger partial charge in [-0.05, 0) is 39.3 Å². The van der Waals surface area contributed by atoms with Crippen molar-refractivity contribution in [3.63, 3.8) is 0 Å². The first-order valence-corrected chi connectivity index (χ1v) is 10.4. The summed E-state index contributed by atoms with van der Waals surface area (Å²) in [6.07, 6.45) is 5.70. The zero-order valence-electron chi connectivity index (χ0n) is 15.9. The van der Waals surface area contributed by atoms with Crippen LogP contribution in [0.5, 0.6) is 0 Å². The average molecular weight is 373 g/mol. The van der Waals surface area contributed by atoms with Gasteiger partial charge < -0.3 is 4.74 Å². The van der Waals surface area contributed by atoms with E-state index in [1.807, 2.05) is 29.9 Å². The molecule has 2 fully saturated rings. The molecule has 0 aliphatic carbocycles. The minimum atomic E-state index is 0.355. The molecule has 0 amide bonds. The minimum Gasteiger partial charge on any atom is -0.371 e. The van der Waals surface area contributed by atoms with Crippen LogP contribution in [0.2, 0.25) is 0 Å². The molecule has 6 heteroatoms. The lowest BCUT2D eigenvalue weighted by Crippen LogP contribution is -2.58. The molecule has 0 bridgehead atoms. The van der Waals surface area contributed by atoms with E-state index in [0.29, 0.717) is 23.5 Å². The number of hydrogen-bond donors (Lipinski definition) is 0. The standard InChI is InChI=1S/C20H28N4OS/c1-15(2)24-10-17(8-21-24)9-23-13-20(14-23)7-19(12-26-20)25-11-18-6-4-5-16(3)22-18/h4-6,8,10,15,19H,7,9,11-14H2,1-3H3/t19-/m1/s1. The predicted molar refractivity (Wildman–Crippen MR) is 105 cm³/mol. The van der Waals surface area contributed by atoms with E-state index in [0.717, 1.165) is 43.2 Å². The number of aryl methyl sites for hydroxylation is 1. The van der Waals surface area contributed by atoms with Crippen LogP contribution >= 0.6 is 11.8 Å². The molecule has 2 aliphatic rings. The van der Waals surface area contributed by atoms with Crippen LogP contribution in [0.4, 0.5) is 0 Å². The second kappa shape index (κ2) is 7.33. The lowest BCUT2D eigenvalue weighted by molar-refractivity contribution is 0.0250. The number of ether oxygens (including phenoxy) is 1. The minimum absolute atomic E-state index is 0.355. The van der Waals surface area contributed by atoms with Gasteiger partial charge in [0.25, 0.3) is 0 Å². The lowest BCUT2D eigenvalue weighted by atomic mass is 9.92. The normalized spacial score (nSPS) is 22.2. The van der Waals surface area contributed by atoms with Gasteiger partial charge in [0.1, 0.15) is 0 Å². The third-order valence-corrected chi connectivity index (χ3v) is 6.78. The molecular formula is C20H28N4OS. The summed E-state index contributed by atoms with van der Waals surface area (Å²) in [5.74, 6) is 1.10. The molecule has 5 nitrogen and oxygen atoms in total. The number of likely N-dealkylation sites (tertiary alicyclic amines) is 1. The maximum Gasteiger partial charge on any atom is 0.0892 e. The number of rotatable bonds is 6. The van der Waals surface area contributed by atoms with Gasteiger partial charge in [0.05, 0.1) is 24.6 Å². The Bertz CT molecular complexity index is 754. The summed E-state index contributed by atoms with van der Waals surface area (Å²) in [4.78, 5) is 7.06. The zero-order chi connectivity index (χ0) is 18.1. The Hall–Kier alpha value is -1.37. The highest BCUT2D eigenvalue weighted by Crippen LogP contribution is 2.46. The van der Waals surface area contributed by atoms with Crippen molar-refractivity contribution < 1.29 is 4.74 Å². The van der Waals surface area contributed by atoms with Crippen LogP contribution < -0.4 is 0 Å². The molecule has 2 aromatic heterocycles. The van der Waals surface area contributed by atoms with Gasteiger partial charge in [-0.2, -0.15) is 5.10 Å². The van der Waals surface area contributed by atoms with Crippen molar-refractivity contribution in [3.05, 3.63) is 47.5 Å². The predicted octanol–water partition coefficient (Wildman–Crippen LogP) is 3.44. The molecule has 1 atom stereocenters. The highest BCUT2D eigenvalue weighted by Gasteiger charge is 2.49. The van der Waals surface area contributed by atoms with Crippen LogP contribution in [0.25, 0.3) is 0 Å². The molecule has 26 heavy (non-hydrogen) atoms. The Balaban J connectivity index is 1.23. The molecule has 2 aliphatic heterocycles. The SMILES string of the molecule is Cc1cccc(CO[C@H]2CSC3(C2)CN(Cc2cnn(C(C)C)c2)C3)n1. The third-order valence-electron chi connectivity index (χ3n) is 5.20. The summed E-state index contributed by atoms with van der Waals surface area (Å²) in [7, 11) is 0. The Morgan fingerprint density at radius 3 is 2.92 bits per heavy atom. The summed E-state index contributed by atoms with van der Waals surface area (Å²) < 4.78 is 8.58. The molecule has 0 N–H and O–H groups in total. The molecule has 0 aromatic carbocycles. The first-order chi connectivity index (χ1) is 12.5. The summed E-state index contributed by atoms with van der Waals surface area (Å²) in [6.45, 7) is 10.3. The number of aromatic nitrogens is 3. The zero-order valence-corrected chi connectivity index (χ0v) is 16.7. The highest BCUT2D eigenvalue weighted by atomic mass is 32.2. The fourth-order valence-electron chi connectivity index (χ4n) is 3.89. The van der Waals surface area contributed by atoms with Gasteiger partial charge in [-0.3, -0.25) is 14.6 Å². The first-order valence-electron chi connectivity index (χ1n) is 9.45. The monoisotopic (exact) mass is 372 g/mol. The van der Waals surface area contributed by atoms with Crippen LogP contribution in [-0.4, -0.2) is 49.4 Å². The van der Waals surface area contributed by atoms with E-state index in [1.54, 1.807) is 0 Å². The largest absolute Gasteiger partial charge is 0.371 e. The van der Waals surface area contributed by atoms with E-state index >= 15 is 0 Å². The third kappa shape index (κ3) is 3.97. The van der Waals surface area contributed by atoms with Crippen molar-refractivity contribution in [2.45, 2.75) is 57.2 Å². The van der Waals surface area contributed by atoms with E-state index in [-0.39, 0.29) is 0 Å². The quantitative estimate of drug-likeness (QED) is 0.777. The molecule has 0 radical (unpaired) electrons. The molecule has 1 spiro atoms. The topological polar surface area (TPSA) is 43.2 Å². The van der Waals surface area contributed by atoms with Crippen LogP contribution in [-0.2, 0) is 17.9 Å². The fraction of sp³-hybridized carbons (Fsp3) is 0.600. The second-order valence-corrected chi connectivity index (χ2v) is 9.46. The Morgan fingerprint density at radius 2 is 2.19 bits per heavy atom. The van der Waals surface area contributed by atoms with Gasteiger partial charge >= 0.3 is 0 Å². The highest BCUT2D eigenvalue weighted by molar-refractivity contribution is 8.01.